The summed E-state index contributed by atoms with van der Waals surface area (Å²) < 4.78 is 18.0. The van der Waals surface area contributed by atoms with Gasteiger partial charge in [-0.3, -0.25) is 0 Å². The lowest BCUT2D eigenvalue weighted by molar-refractivity contribution is 0.158. The van der Waals surface area contributed by atoms with E-state index in [0.29, 0.717) is 5.92 Å². The molecule has 1 N–H and O–H groups in total. The van der Waals surface area contributed by atoms with Gasteiger partial charge in [0.1, 0.15) is 5.82 Å². The van der Waals surface area contributed by atoms with E-state index >= 15 is 0 Å². The van der Waals surface area contributed by atoms with Gasteiger partial charge >= 0.3 is 0 Å². The van der Waals surface area contributed by atoms with Crippen molar-refractivity contribution in [1.29, 1.82) is 0 Å². The summed E-state index contributed by atoms with van der Waals surface area (Å²) in [6.45, 7) is 6.75. The van der Waals surface area contributed by atoms with Crippen molar-refractivity contribution in [2.24, 2.45) is 5.92 Å². The number of hydrogen-bond donors (Lipinski definition) is 1. The Morgan fingerprint density at radius 2 is 2.18 bits per heavy atom. The highest BCUT2D eigenvalue weighted by atomic mass is 19.1. The molecule has 1 atom stereocenters. The third-order valence-corrected chi connectivity index (χ3v) is 2.82. The van der Waals surface area contributed by atoms with Crippen LogP contribution in [0.4, 0.5) is 4.39 Å². The molecular formula is C14H22FNO. The van der Waals surface area contributed by atoms with E-state index in [2.05, 4.69) is 12.2 Å². The third-order valence-electron chi connectivity index (χ3n) is 2.82. The normalized spacial score (nSPS) is 12.7. The molecule has 0 aliphatic heterocycles. The first-order valence-electron chi connectivity index (χ1n) is 6.08. The van der Waals surface area contributed by atoms with Crippen LogP contribution in [0.15, 0.2) is 18.2 Å². The van der Waals surface area contributed by atoms with Gasteiger partial charge in [-0.1, -0.05) is 13.0 Å². The van der Waals surface area contributed by atoms with E-state index in [4.69, 9.17) is 4.74 Å². The molecule has 1 rings (SSSR count). The number of benzene rings is 1. The Labute approximate surface area is 103 Å². The fraction of sp³-hybridized carbons (Fsp3) is 0.571. The minimum atomic E-state index is -0.159. The number of hydrogen-bond acceptors (Lipinski definition) is 2. The van der Waals surface area contributed by atoms with Gasteiger partial charge in [-0.15, -0.1) is 0 Å². The lowest BCUT2D eigenvalue weighted by Gasteiger charge is -2.12. The molecule has 3 heteroatoms. The van der Waals surface area contributed by atoms with Gasteiger partial charge in [-0.05, 0) is 55.6 Å². The summed E-state index contributed by atoms with van der Waals surface area (Å²) in [4.78, 5) is 0. The van der Waals surface area contributed by atoms with Crippen LogP contribution in [-0.4, -0.2) is 26.8 Å². The zero-order valence-corrected chi connectivity index (χ0v) is 10.9. The lowest BCUT2D eigenvalue weighted by Crippen LogP contribution is -2.25. The van der Waals surface area contributed by atoms with Crippen molar-refractivity contribution in [2.75, 3.05) is 26.8 Å². The summed E-state index contributed by atoms with van der Waals surface area (Å²) in [5, 5.41) is 3.39. The summed E-state index contributed by atoms with van der Waals surface area (Å²) >= 11 is 0. The predicted molar refractivity (Wildman–Crippen MR) is 68.8 cm³/mol. The van der Waals surface area contributed by atoms with Crippen molar-refractivity contribution in [3.05, 3.63) is 35.1 Å². The van der Waals surface area contributed by atoms with Crippen LogP contribution in [0, 0.1) is 18.7 Å². The number of methoxy groups -OCH3 is 1. The van der Waals surface area contributed by atoms with E-state index in [1.165, 1.54) is 11.6 Å². The zero-order valence-electron chi connectivity index (χ0n) is 10.9. The molecule has 0 radical (unpaired) electrons. The van der Waals surface area contributed by atoms with Gasteiger partial charge in [0.15, 0.2) is 0 Å². The standard InChI is InChI=1S/C14H22FNO/c1-11(10-17-3)9-16-7-6-13-4-5-14(15)8-12(13)2/h4-5,8,11,16H,6-7,9-10H2,1-3H3. The molecule has 0 heterocycles. The van der Waals surface area contributed by atoms with Crippen molar-refractivity contribution >= 4 is 0 Å². The summed E-state index contributed by atoms with van der Waals surface area (Å²) in [5.74, 6) is 0.363. The first-order chi connectivity index (χ1) is 8.13. The van der Waals surface area contributed by atoms with E-state index in [0.717, 1.165) is 31.7 Å². The molecular weight excluding hydrogens is 217 g/mol. The van der Waals surface area contributed by atoms with Gasteiger partial charge in [0, 0.05) is 13.7 Å². The van der Waals surface area contributed by atoms with Crippen LogP contribution in [0.25, 0.3) is 0 Å². The molecule has 0 spiro atoms. The van der Waals surface area contributed by atoms with Crippen LogP contribution in [0.1, 0.15) is 18.1 Å². The van der Waals surface area contributed by atoms with E-state index in [1.54, 1.807) is 13.2 Å². The van der Waals surface area contributed by atoms with Crippen molar-refractivity contribution in [3.8, 4) is 0 Å². The number of aryl methyl sites for hydroxylation is 1. The second kappa shape index (κ2) is 7.41. The molecule has 96 valence electrons. The molecule has 1 unspecified atom stereocenters. The van der Waals surface area contributed by atoms with Crippen LogP contribution >= 0.6 is 0 Å². The molecule has 1 aromatic carbocycles. The van der Waals surface area contributed by atoms with Gasteiger partial charge in [0.25, 0.3) is 0 Å². The molecule has 2 nitrogen and oxygen atoms in total. The predicted octanol–water partition coefficient (Wildman–Crippen LogP) is 2.55. The largest absolute Gasteiger partial charge is 0.384 e. The van der Waals surface area contributed by atoms with Crippen LogP contribution in [0.2, 0.25) is 0 Å². The zero-order chi connectivity index (χ0) is 12.7. The number of nitrogens with one attached hydrogen (secondary N) is 1. The van der Waals surface area contributed by atoms with E-state index in [1.807, 2.05) is 13.0 Å². The molecule has 0 saturated carbocycles. The fourth-order valence-corrected chi connectivity index (χ4v) is 1.85. The van der Waals surface area contributed by atoms with E-state index in [9.17, 15) is 4.39 Å². The van der Waals surface area contributed by atoms with Crippen molar-refractivity contribution < 1.29 is 9.13 Å². The van der Waals surface area contributed by atoms with Crippen LogP contribution in [-0.2, 0) is 11.2 Å². The van der Waals surface area contributed by atoms with Gasteiger partial charge in [0.2, 0.25) is 0 Å². The quantitative estimate of drug-likeness (QED) is 0.738. The van der Waals surface area contributed by atoms with E-state index in [-0.39, 0.29) is 5.82 Å². The molecule has 0 fully saturated rings. The molecule has 0 amide bonds. The fourth-order valence-electron chi connectivity index (χ4n) is 1.85. The molecule has 0 aromatic heterocycles. The van der Waals surface area contributed by atoms with Crippen molar-refractivity contribution in [2.45, 2.75) is 20.3 Å². The SMILES string of the molecule is COCC(C)CNCCc1ccc(F)cc1C. The minimum Gasteiger partial charge on any atom is -0.384 e. The second-order valence-corrected chi connectivity index (χ2v) is 4.59. The summed E-state index contributed by atoms with van der Waals surface area (Å²) in [7, 11) is 1.72. The van der Waals surface area contributed by atoms with Gasteiger partial charge in [-0.2, -0.15) is 0 Å². The lowest BCUT2D eigenvalue weighted by atomic mass is 10.1. The second-order valence-electron chi connectivity index (χ2n) is 4.59. The Bertz CT molecular complexity index is 341. The maximum atomic E-state index is 12.9. The minimum absolute atomic E-state index is 0.159. The summed E-state index contributed by atoms with van der Waals surface area (Å²) in [6.07, 6.45) is 0.936. The van der Waals surface area contributed by atoms with Crippen LogP contribution in [0.3, 0.4) is 0 Å². The topological polar surface area (TPSA) is 21.3 Å². The Morgan fingerprint density at radius 3 is 2.82 bits per heavy atom. The van der Waals surface area contributed by atoms with Gasteiger partial charge in [-0.25, -0.2) is 4.39 Å². The smallest absolute Gasteiger partial charge is 0.123 e. The Hall–Kier alpha value is -0.930. The Morgan fingerprint density at radius 1 is 1.41 bits per heavy atom. The highest BCUT2D eigenvalue weighted by Gasteiger charge is 2.02. The highest BCUT2D eigenvalue weighted by Crippen LogP contribution is 2.10. The Kier molecular flexibility index (Phi) is 6.16. The molecule has 1 aromatic rings. The molecule has 0 aliphatic rings. The van der Waals surface area contributed by atoms with Crippen LogP contribution < -0.4 is 5.32 Å². The summed E-state index contributed by atoms with van der Waals surface area (Å²) in [6, 6.07) is 4.98. The van der Waals surface area contributed by atoms with E-state index < -0.39 is 0 Å². The molecule has 0 saturated heterocycles. The van der Waals surface area contributed by atoms with Gasteiger partial charge < -0.3 is 10.1 Å². The maximum Gasteiger partial charge on any atom is 0.123 e. The monoisotopic (exact) mass is 239 g/mol. The van der Waals surface area contributed by atoms with Crippen LogP contribution in [0.5, 0.6) is 0 Å². The number of rotatable bonds is 7. The average molecular weight is 239 g/mol. The first kappa shape index (κ1) is 14.1. The Balaban J connectivity index is 2.26. The molecule has 0 aliphatic carbocycles. The highest BCUT2D eigenvalue weighted by molar-refractivity contribution is 5.26. The summed E-state index contributed by atoms with van der Waals surface area (Å²) in [5.41, 5.74) is 2.23. The third kappa shape index (κ3) is 5.29. The first-order valence-corrected chi connectivity index (χ1v) is 6.08. The number of ether oxygens (including phenoxy) is 1. The number of halogens is 1. The average Bonchev–Trinajstić information content (AvgIpc) is 2.27. The molecule has 17 heavy (non-hydrogen) atoms. The van der Waals surface area contributed by atoms with Crippen molar-refractivity contribution in [3.63, 3.8) is 0 Å². The maximum absolute atomic E-state index is 12.9. The van der Waals surface area contributed by atoms with Gasteiger partial charge in [0.05, 0.1) is 0 Å². The molecule has 0 bridgehead atoms. The van der Waals surface area contributed by atoms with Crippen molar-refractivity contribution in [1.82, 2.24) is 5.32 Å².